The van der Waals surface area contributed by atoms with Crippen molar-refractivity contribution in [1.29, 1.82) is 0 Å². The van der Waals surface area contributed by atoms with Gasteiger partial charge in [-0.1, -0.05) is 29.5 Å². The monoisotopic (exact) mass is 564 g/mol. The van der Waals surface area contributed by atoms with Crippen molar-refractivity contribution in [3.05, 3.63) is 76.5 Å². The molecule has 0 fully saturated rings. The van der Waals surface area contributed by atoms with Gasteiger partial charge >= 0.3 is 5.97 Å². The van der Waals surface area contributed by atoms with Gasteiger partial charge in [0.1, 0.15) is 10.4 Å². The van der Waals surface area contributed by atoms with E-state index in [1.807, 2.05) is 62.7 Å². The van der Waals surface area contributed by atoms with E-state index in [-0.39, 0.29) is 6.42 Å². The highest BCUT2D eigenvalue weighted by molar-refractivity contribution is 8.22. The highest BCUT2D eigenvalue weighted by atomic mass is 32.3. The van der Waals surface area contributed by atoms with E-state index in [0.29, 0.717) is 43.4 Å². The summed E-state index contributed by atoms with van der Waals surface area (Å²) in [6.45, 7) is 10.7. The van der Waals surface area contributed by atoms with Gasteiger partial charge in [-0.25, -0.2) is 9.67 Å². The second-order valence-electron chi connectivity index (χ2n) is 10.2. The van der Waals surface area contributed by atoms with E-state index in [4.69, 9.17) is 0 Å². The molecular formula is C29H36N6O4S. The highest BCUT2D eigenvalue weighted by Gasteiger charge is 2.34. The van der Waals surface area contributed by atoms with Gasteiger partial charge in [0.15, 0.2) is 5.82 Å². The van der Waals surface area contributed by atoms with E-state index >= 15 is 0 Å². The van der Waals surface area contributed by atoms with Crippen molar-refractivity contribution in [2.45, 2.75) is 58.0 Å². The number of rotatable bonds is 8. The molecule has 10 nitrogen and oxygen atoms in total. The Kier molecular flexibility index (Phi) is 7.83. The number of aromatic nitrogens is 4. The lowest BCUT2D eigenvalue weighted by atomic mass is 9.84. The van der Waals surface area contributed by atoms with Crippen LogP contribution >= 0.6 is 10.8 Å². The Morgan fingerprint density at radius 3 is 2.60 bits per heavy atom. The predicted molar refractivity (Wildman–Crippen MR) is 157 cm³/mol. The van der Waals surface area contributed by atoms with Crippen molar-refractivity contribution < 1.29 is 19.0 Å². The number of aliphatic carboxylic acids is 1. The highest BCUT2D eigenvalue weighted by Crippen LogP contribution is 2.56. The van der Waals surface area contributed by atoms with Gasteiger partial charge < -0.3 is 10.0 Å². The van der Waals surface area contributed by atoms with Crippen LogP contribution < -0.4 is 4.90 Å². The van der Waals surface area contributed by atoms with Gasteiger partial charge in [-0.05, 0) is 73.7 Å². The van der Waals surface area contributed by atoms with Crippen molar-refractivity contribution in [2.24, 2.45) is 0 Å². The zero-order chi connectivity index (χ0) is 28.6. The lowest BCUT2D eigenvalue weighted by Gasteiger charge is -2.41. The van der Waals surface area contributed by atoms with Crippen LogP contribution in [0, 0.1) is 13.8 Å². The molecule has 0 saturated heterocycles. The third kappa shape index (κ3) is 5.05. The molecule has 0 spiro atoms. The molecular weight excluding hydrogens is 528 g/mol. The first kappa shape index (κ1) is 28.0. The number of hydrogen-bond donors (Lipinski definition) is 3. The fourth-order valence-corrected chi connectivity index (χ4v) is 7.18. The van der Waals surface area contributed by atoms with Crippen molar-refractivity contribution >= 4 is 33.6 Å². The largest absolute Gasteiger partial charge is 0.481 e. The summed E-state index contributed by atoms with van der Waals surface area (Å²) in [6, 6.07) is 13.4. The molecule has 3 heterocycles. The molecule has 0 amide bonds. The number of carboxylic acids is 1. The molecule has 5 rings (SSSR count). The van der Waals surface area contributed by atoms with Crippen LogP contribution in [0.3, 0.4) is 0 Å². The molecule has 1 atom stereocenters. The molecule has 2 aromatic heterocycles. The van der Waals surface area contributed by atoms with E-state index < -0.39 is 22.7 Å². The fraction of sp³-hybridized carbons (Fsp3) is 0.379. The van der Waals surface area contributed by atoms with E-state index in [2.05, 4.69) is 20.2 Å². The van der Waals surface area contributed by atoms with Crippen LogP contribution in [0.4, 0.5) is 5.82 Å². The van der Waals surface area contributed by atoms with E-state index in [1.165, 1.54) is 0 Å². The molecule has 4 aromatic rings. The molecule has 0 radical (unpaired) electrons. The molecule has 0 saturated carbocycles. The number of benzene rings is 2. The molecule has 1 aliphatic rings. The molecule has 2 aromatic carbocycles. The van der Waals surface area contributed by atoms with Crippen molar-refractivity contribution in [2.75, 3.05) is 24.5 Å². The summed E-state index contributed by atoms with van der Waals surface area (Å²) in [5.41, 5.74) is 6.27. The molecule has 11 heteroatoms. The molecule has 0 bridgehead atoms. The smallest absolute Gasteiger partial charge is 0.304 e. The number of carbonyl (C=O) groups is 1. The van der Waals surface area contributed by atoms with E-state index in [0.717, 1.165) is 38.9 Å². The lowest BCUT2D eigenvalue weighted by molar-refractivity contribution is -0.137. The Morgan fingerprint density at radius 1 is 1.07 bits per heavy atom. The van der Waals surface area contributed by atoms with Gasteiger partial charge in [-0.2, -0.15) is 4.31 Å². The maximum Gasteiger partial charge on any atom is 0.304 e. The number of nitrogens with zero attached hydrogens (tertiary/aromatic N) is 6. The number of likely N-dealkylation sites (N-methyl/N-ethyl adjacent to an activating group) is 1. The SMILES string of the molecule is CCN1CCN(Cc2cc(C(CC(=O)O)c3ccc4c(nnn4CC)c3C)ccc2C)S(O)(O)c2cccnc21. The number of anilines is 1. The van der Waals surface area contributed by atoms with Gasteiger partial charge in [-0.3, -0.25) is 13.9 Å². The van der Waals surface area contributed by atoms with Gasteiger partial charge in [0.05, 0.1) is 11.9 Å². The summed E-state index contributed by atoms with van der Waals surface area (Å²) < 4.78 is 26.5. The summed E-state index contributed by atoms with van der Waals surface area (Å²) in [5.74, 6) is -0.697. The van der Waals surface area contributed by atoms with Gasteiger partial charge in [0, 0.05) is 44.8 Å². The third-order valence-electron chi connectivity index (χ3n) is 7.86. The van der Waals surface area contributed by atoms with Crippen LogP contribution in [0.1, 0.15) is 54.0 Å². The number of pyridine rings is 1. The van der Waals surface area contributed by atoms with Crippen molar-refractivity contribution in [3.63, 3.8) is 0 Å². The van der Waals surface area contributed by atoms with Crippen LogP contribution in [0.25, 0.3) is 11.0 Å². The van der Waals surface area contributed by atoms with E-state index in [1.54, 1.807) is 22.6 Å². The molecule has 40 heavy (non-hydrogen) atoms. The standard InChI is InChI=1S/C29H36N6O4S/c1-5-33-14-15-34(40(38,39)26-8-7-13-30-29(26)33)18-22-16-21(10-9-19(22)3)24(17-27(36)37)23-11-12-25-28(20(23)4)31-32-35(25)6-2/h7-13,16,24,38-39H,5-6,14-15,17-18H2,1-4H3,(H,36,37). The quantitative estimate of drug-likeness (QED) is 0.256. The predicted octanol–water partition coefficient (Wildman–Crippen LogP) is 5.44. The Balaban J connectivity index is 1.53. The van der Waals surface area contributed by atoms with Crippen LogP contribution in [0.5, 0.6) is 0 Å². The molecule has 1 unspecified atom stereocenters. The van der Waals surface area contributed by atoms with Crippen LogP contribution in [0.2, 0.25) is 0 Å². The normalized spacial score (nSPS) is 16.9. The second-order valence-corrected chi connectivity index (χ2v) is 12.2. The topological polar surface area (TPSA) is 128 Å². The second kappa shape index (κ2) is 11.2. The minimum absolute atomic E-state index is 0.0832. The number of hydrogen-bond acceptors (Lipinski definition) is 8. The lowest BCUT2D eigenvalue weighted by Crippen LogP contribution is -2.33. The summed E-state index contributed by atoms with van der Waals surface area (Å²) in [4.78, 5) is 19.0. The zero-order valence-electron chi connectivity index (χ0n) is 23.3. The maximum absolute atomic E-state index is 12.0. The van der Waals surface area contributed by atoms with Crippen LogP contribution in [0.15, 0.2) is 53.6 Å². The maximum atomic E-state index is 12.0. The van der Waals surface area contributed by atoms with Crippen LogP contribution in [-0.2, 0) is 17.9 Å². The Labute approximate surface area is 235 Å². The minimum atomic E-state index is -3.30. The summed E-state index contributed by atoms with van der Waals surface area (Å²) >= 11 is 0. The summed E-state index contributed by atoms with van der Waals surface area (Å²) in [7, 11) is -3.30. The molecule has 0 aliphatic carbocycles. The Morgan fingerprint density at radius 2 is 1.88 bits per heavy atom. The molecule has 3 N–H and O–H groups in total. The molecule has 212 valence electrons. The first-order chi connectivity index (χ1) is 19.1. The van der Waals surface area contributed by atoms with E-state index in [9.17, 15) is 19.0 Å². The third-order valence-corrected chi connectivity index (χ3v) is 9.81. The average molecular weight is 565 g/mol. The average Bonchev–Trinajstić information content (AvgIpc) is 3.33. The van der Waals surface area contributed by atoms with Crippen LogP contribution in [-0.4, -0.2) is 64.1 Å². The first-order valence-electron chi connectivity index (χ1n) is 13.5. The number of carboxylic acid groups (broad SMARTS) is 1. The summed E-state index contributed by atoms with van der Waals surface area (Å²) in [6.07, 6.45) is 1.59. The van der Waals surface area contributed by atoms with Gasteiger partial charge in [0.25, 0.3) is 0 Å². The molecule has 1 aliphatic heterocycles. The van der Waals surface area contributed by atoms with Crippen molar-refractivity contribution in [3.8, 4) is 0 Å². The Bertz CT molecular complexity index is 1560. The van der Waals surface area contributed by atoms with Gasteiger partial charge in [0.2, 0.25) is 0 Å². The summed E-state index contributed by atoms with van der Waals surface area (Å²) in [5, 5.41) is 18.5. The zero-order valence-corrected chi connectivity index (χ0v) is 24.1. The minimum Gasteiger partial charge on any atom is -0.481 e. The van der Waals surface area contributed by atoms with Gasteiger partial charge in [-0.15, -0.1) is 15.9 Å². The number of aryl methyl sites for hydroxylation is 3. The number of fused-ring (bicyclic) bond motifs is 2. The first-order valence-corrected chi connectivity index (χ1v) is 15.0. The fourth-order valence-electron chi connectivity index (χ4n) is 5.56. The Hall–Kier alpha value is -3.51. The van der Waals surface area contributed by atoms with Crippen molar-refractivity contribution in [1.82, 2.24) is 24.3 Å².